The van der Waals surface area contributed by atoms with Crippen LogP contribution in [-0.2, 0) is 22.4 Å². The molecular formula is C20H19N3O6S. The van der Waals surface area contributed by atoms with Crippen LogP contribution in [0.2, 0.25) is 0 Å². The van der Waals surface area contributed by atoms with Crippen LogP contribution in [0.1, 0.15) is 39.7 Å². The van der Waals surface area contributed by atoms with Gasteiger partial charge in [-0.1, -0.05) is 6.92 Å². The lowest BCUT2D eigenvalue weighted by molar-refractivity contribution is -0.385. The topological polar surface area (TPSA) is 132 Å². The first kappa shape index (κ1) is 21.3. The van der Waals surface area contributed by atoms with Crippen LogP contribution < -0.4 is 10.1 Å². The van der Waals surface area contributed by atoms with E-state index in [1.165, 1.54) is 30.6 Å². The summed E-state index contributed by atoms with van der Waals surface area (Å²) in [5.74, 6) is -0.930. The molecule has 1 atom stereocenters. The maximum absolute atomic E-state index is 12.2. The fourth-order valence-electron chi connectivity index (χ4n) is 3.29. The number of nitrogens with one attached hydrogen (secondary N) is 1. The lowest BCUT2D eigenvalue weighted by Crippen LogP contribution is -2.21. The number of hydrogen-bond donors (Lipinski definition) is 1. The summed E-state index contributed by atoms with van der Waals surface area (Å²) in [4.78, 5) is 35.9. The van der Waals surface area contributed by atoms with Gasteiger partial charge in [-0.2, -0.15) is 5.26 Å². The predicted molar refractivity (Wildman–Crippen MR) is 109 cm³/mol. The van der Waals surface area contributed by atoms with E-state index in [2.05, 4.69) is 18.3 Å². The second-order valence-corrected chi connectivity index (χ2v) is 8.04. The number of esters is 1. The third-order valence-corrected chi connectivity index (χ3v) is 5.99. The molecule has 1 N–H and O–H groups in total. The number of hydrogen-bond acceptors (Lipinski definition) is 8. The summed E-state index contributed by atoms with van der Waals surface area (Å²) in [6.45, 7) is 1.57. The number of rotatable bonds is 6. The zero-order valence-corrected chi connectivity index (χ0v) is 17.2. The van der Waals surface area contributed by atoms with Gasteiger partial charge in [0.25, 0.3) is 5.91 Å². The van der Waals surface area contributed by atoms with Crippen molar-refractivity contribution in [3.63, 3.8) is 0 Å². The van der Waals surface area contributed by atoms with E-state index in [0.29, 0.717) is 16.5 Å². The number of thiophene rings is 1. The largest absolute Gasteiger partial charge is 0.490 e. The van der Waals surface area contributed by atoms with Gasteiger partial charge in [0.1, 0.15) is 11.1 Å². The minimum absolute atomic E-state index is 0.00862. The Bertz CT molecular complexity index is 1060. The number of fused-ring (bicyclic) bond motifs is 1. The third kappa shape index (κ3) is 4.41. The molecule has 3 rings (SSSR count). The molecular weight excluding hydrogens is 410 g/mol. The summed E-state index contributed by atoms with van der Waals surface area (Å²) < 4.78 is 9.86. The SMILES string of the molecule is COc1ccc(C(=O)OCC(=O)Nc2sc3c(c2C#N)CC[C@@H](C)C3)cc1[N+](=O)[O-]. The first-order valence-corrected chi connectivity index (χ1v) is 9.99. The molecule has 0 fully saturated rings. The van der Waals surface area contributed by atoms with E-state index in [-0.39, 0.29) is 17.0 Å². The van der Waals surface area contributed by atoms with Crippen LogP contribution in [0.15, 0.2) is 18.2 Å². The lowest BCUT2D eigenvalue weighted by atomic mass is 9.89. The first-order chi connectivity index (χ1) is 14.3. The average Bonchev–Trinajstić information content (AvgIpc) is 3.07. The lowest BCUT2D eigenvalue weighted by Gasteiger charge is -2.17. The number of methoxy groups -OCH3 is 1. The summed E-state index contributed by atoms with van der Waals surface area (Å²) >= 11 is 1.37. The Morgan fingerprint density at radius 3 is 2.87 bits per heavy atom. The zero-order chi connectivity index (χ0) is 21.8. The van der Waals surface area contributed by atoms with Crippen LogP contribution in [0, 0.1) is 27.4 Å². The van der Waals surface area contributed by atoms with E-state index in [1.807, 2.05) is 0 Å². The van der Waals surface area contributed by atoms with Crippen molar-refractivity contribution in [2.75, 3.05) is 19.0 Å². The highest BCUT2D eigenvalue weighted by Gasteiger charge is 2.25. The van der Waals surface area contributed by atoms with Crippen molar-refractivity contribution in [3.8, 4) is 11.8 Å². The fourth-order valence-corrected chi connectivity index (χ4v) is 4.67. The number of nitro groups is 1. The molecule has 0 radical (unpaired) electrons. The third-order valence-electron chi connectivity index (χ3n) is 4.82. The second-order valence-electron chi connectivity index (χ2n) is 6.94. The summed E-state index contributed by atoms with van der Waals surface area (Å²) in [6, 6.07) is 5.78. The van der Waals surface area contributed by atoms with E-state index < -0.39 is 23.4 Å². The van der Waals surface area contributed by atoms with Crippen LogP contribution in [0.5, 0.6) is 5.75 Å². The highest BCUT2D eigenvalue weighted by molar-refractivity contribution is 7.16. The number of benzene rings is 1. The molecule has 1 aromatic heterocycles. The molecule has 0 bridgehead atoms. The van der Waals surface area contributed by atoms with Crippen molar-refractivity contribution in [1.29, 1.82) is 5.26 Å². The minimum Gasteiger partial charge on any atom is -0.490 e. The molecule has 30 heavy (non-hydrogen) atoms. The van der Waals surface area contributed by atoms with Gasteiger partial charge in [0.05, 0.1) is 23.2 Å². The first-order valence-electron chi connectivity index (χ1n) is 9.18. The quantitative estimate of drug-likeness (QED) is 0.422. The number of amides is 1. The van der Waals surface area contributed by atoms with Gasteiger partial charge in [0.2, 0.25) is 0 Å². The number of nitriles is 1. The monoisotopic (exact) mass is 429 g/mol. The molecule has 1 amide bonds. The number of carbonyl (C=O) groups is 2. The molecule has 0 saturated heterocycles. The van der Waals surface area contributed by atoms with Crippen LogP contribution in [0.25, 0.3) is 0 Å². The maximum Gasteiger partial charge on any atom is 0.338 e. The van der Waals surface area contributed by atoms with Crippen molar-refractivity contribution < 1.29 is 24.0 Å². The average molecular weight is 429 g/mol. The molecule has 0 spiro atoms. The normalized spacial score (nSPS) is 14.9. The molecule has 1 aliphatic carbocycles. The van der Waals surface area contributed by atoms with E-state index in [9.17, 15) is 25.0 Å². The van der Waals surface area contributed by atoms with Gasteiger partial charge in [-0.05, 0) is 42.9 Å². The van der Waals surface area contributed by atoms with Gasteiger partial charge in [-0.25, -0.2) is 4.79 Å². The standard InChI is InChI=1S/C20H19N3O6S/c1-11-3-5-13-14(9-21)19(30-17(13)7-11)22-18(24)10-29-20(25)12-4-6-16(28-2)15(8-12)23(26)27/h4,6,8,11H,3,5,7,10H2,1-2H3,(H,22,24)/t11-/m1/s1. The highest BCUT2D eigenvalue weighted by atomic mass is 32.1. The summed E-state index contributed by atoms with van der Waals surface area (Å²) in [7, 11) is 1.28. The Morgan fingerprint density at radius 1 is 1.43 bits per heavy atom. The molecule has 0 aliphatic heterocycles. The minimum atomic E-state index is -0.879. The van der Waals surface area contributed by atoms with Gasteiger partial charge < -0.3 is 14.8 Å². The molecule has 1 heterocycles. The Balaban J connectivity index is 1.66. The van der Waals surface area contributed by atoms with Crippen LogP contribution in [-0.4, -0.2) is 30.5 Å². The number of anilines is 1. The molecule has 0 unspecified atom stereocenters. The highest BCUT2D eigenvalue weighted by Crippen LogP contribution is 2.39. The van der Waals surface area contributed by atoms with Crippen LogP contribution in [0.3, 0.4) is 0 Å². The van der Waals surface area contributed by atoms with Crippen LogP contribution >= 0.6 is 11.3 Å². The molecule has 156 valence electrons. The van der Waals surface area contributed by atoms with Crippen molar-refractivity contribution in [1.82, 2.24) is 0 Å². The summed E-state index contributed by atoms with van der Waals surface area (Å²) in [6.07, 6.45) is 2.67. The van der Waals surface area contributed by atoms with Crippen molar-refractivity contribution in [3.05, 3.63) is 49.9 Å². The Hall–Kier alpha value is -3.45. The zero-order valence-electron chi connectivity index (χ0n) is 16.4. The van der Waals surface area contributed by atoms with Crippen LogP contribution in [0.4, 0.5) is 10.7 Å². The van der Waals surface area contributed by atoms with E-state index in [4.69, 9.17) is 9.47 Å². The molecule has 1 aromatic carbocycles. The van der Waals surface area contributed by atoms with E-state index in [1.54, 1.807) is 0 Å². The van der Waals surface area contributed by atoms with Gasteiger partial charge in [0, 0.05) is 10.9 Å². The second kappa shape index (κ2) is 8.92. The van der Waals surface area contributed by atoms with E-state index in [0.717, 1.165) is 35.8 Å². The molecule has 2 aromatic rings. The fraction of sp³-hybridized carbons (Fsp3) is 0.350. The smallest absolute Gasteiger partial charge is 0.338 e. The summed E-state index contributed by atoms with van der Waals surface area (Å²) in [5.41, 5.74) is 0.993. The number of ether oxygens (including phenoxy) is 2. The van der Waals surface area contributed by atoms with Gasteiger partial charge >= 0.3 is 11.7 Å². The number of nitrogens with zero attached hydrogens (tertiary/aromatic N) is 2. The maximum atomic E-state index is 12.2. The Labute approximate surface area is 176 Å². The molecule has 1 aliphatic rings. The predicted octanol–water partition coefficient (Wildman–Crippen LogP) is 3.46. The van der Waals surface area contributed by atoms with Gasteiger partial charge in [0.15, 0.2) is 12.4 Å². The van der Waals surface area contributed by atoms with E-state index >= 15 is 0 Å². The molecule has 10 heteroatoms. The van der Waals surface area contributed by atoms with Crippen molar-refractivity contribution in [2.24, 2.45) is 5.92 Å². The van der Waals surface area contributed by atoms with Crippen molar-refractivity contribution >= 4 is 33.9 Å². The number of nitro benzene ring substituents is 1. The van der Waals surface area contributed by atoms with Gasteiger partial charge in [-0.15, -0.1) is 11.3 Å². The van der Waals surface area contributed by atoms with Crippen molar-refractivity contribution in [2.45, 2.75) is 26.2 Å². The summed E-state index contributed by atoms with van der Waals surface area (Å²) in [5, 5.41) is 23.6. The number of carbonyl (C=O) groups excluding carboxylic acids is 2. The molecule has 0 saturated carbocycles. The Kier molecular flexibility index (Phi) is 6.32. The molecule has 9 nitrogen and oxygen atoms in total. The Morgan fingerprint density at radius 2 is 2.20 bits per heavy atom. The van der Waals surface area contributed by atoms with Gasteiger partial charge in [-0.3, -0.25) is 14.9 Å².